The van der Waals surface area contributed by atoms with E-state index < -0.39 is 0 Å². The summed E-state index contributed by atoms with van der Waals surface area (Å²) in [6.07, 6.45) is 5.98. The molecule has 0 aliphatic heterocycles. The van der Waals surface area contributed by atoms with E-state index in [4.69, 9.17) is 5.11 Å². The van der Waals surface area contributed by atoms with Crippen LogP contribution in [0.3, 0.4) is 0 Å². The van der Waals surface area contributed by atoms with Gasteiger partial charge in [0.05, 0.1) is 12.2 Å². The summed E-state index contributed by atoms with van der Waals surface area (Å²) in [7, 11) is 0. The maximum absolute atomic E-state index is 9.69. The SMILES string of the molecule is CC(O)CCC(O)C1CCCC1. The van der Waals surface area contributed by atoms with Crippen LogP contribution in [0.1, 0.15) is 45.4 Å². The largest absolute Gasteiger partial charge is 0.393 e. The highest BCUT2D eigenvalue weighted by Gasteiger charge is 2.22. The van der Waals surface area contributed by atoms with E-state index in [1.165, 1.54) is 25.7 Å². The van der Waals surface area contributed by atoms with Gasteiger partial charge in [0.2, 0.25) is 0 Å². The maximum atomic E-state index is 9.69. The summed E-state index contributed by atoms with van der Waals surface area (Å²) in [5.74, 6) is 0.517. The van der Waals surface area contributed by atoms with E-state index in [9.17, 15) is 5.11 Å². The first-order valence-electron chi connectivity index (χ1n) is 5.06. The Labute approximate surface area is 74.6 Å². The van der Waals surface area contributed by atoms with Gasteiger partial charge in [0.15, 0.2) is 0 Å². The quantitative estimate of drug-likeness (QED) is 0.677. The van der Waals surface area contributed by atoms with Crippen molar-refractivity contribution in [2.24, 2.45) is 5.92 Å². The van der Waals surface area contributed by atoms with Crippen LogP contribution < -0.4 is 0 Å². The topological polar surface area (TPSA) is 40.5 Å². The van der Waals surface area contributed by atoms with Crippen molar-refractivity contribution >= 4 is 0 Å². The molecule has 2 atom stereocenters. The minimum Gasteiger partial charge on any atom is -0.393 e. The van der Waals surface area contributed by atoms with Gasteiger partial charge in [0.25, 0.3) is 0 Å². The summed E-state index contributed by atoms with van der Waals surface area (Å²) in [6.45, 7) is 1.78. The molecular weight excluding hydrogens is 152 g/mol. The first kappa shape index (κ1) is 10.0. The number of aliphatic hydroxyl groups excluding tert-OH is 2. The third-order valence-corrected chi connectivity index (χ3v) is 2.82. The molecule has 1 rings (SSSR count). The van der Waals surface area contributed by atoms with Crippen molar-refractivity contribution in [1.82, 2.24) is 0 Å². The average molecular weight is 172 g/mol. The van der Waals surface area contributed by atoms with Gasteiger partial charge < -0.3 is 10.2 Å². The molecule has 0 heterocycles. The molecule has 72 valence electrons. The van der Waals surface area contributed by atoms with E-state index in [0.717, 1.165) is 12.8 Å². The Morgan fingerprint density at radius 1 is 1.17 bits per heavy atom. The van der Waals surface area contributed by atoms with Crippen LogP contribution in [0.25, 0.3) is 0 Å². The van der Waals surface area contributed by atoms with Crippen molar-refractivity contribution < 1.29 is 10.2 Å². The molecule has 2 unspecified atom stereocenters. The Balaban J connectivity index is 2.13. The van der Waals surface area contributed by atoms with E-state index in [1.807, 2.05) is 0 Å². The normalized spacial score (nSPS) is 24.2. The lowest BCUT2D eigenvalue weighted by atomic mass is 9.96. The number of hydrogen-bond donors (Lipinski definition) is 2. The molecule has 2 nitrogen and oxygen atoms in total. The van der Waals surface area contributed by atoms with Gasteiger partial charge in [-0.3, -0.25) is 0 Å². The zero-order valence-corrected chi connectivity index (χ0v) is 7.87. The second-order valence-electron chi connectivity index (χ2n) is 4.04. The van der Waals surface area contributed by atoms with Crippen LogP contribution in [-0.2, 0) is 0 Å². The minimum atomic E-state index is -0.263. The predicted octanol–water partition coefficient (Wildman–Crippen LogP) is 1.70. The Bertz CT molecular complexity index is 117. The van der Waals surface area contributed by atoms with Gasteiger partial charge in [-0.2, -0.15) is 0 Å². The molecule has 1 aliphatic rings. The molecule has 0 bridgehead atoms. The smallest absolute Gasteiger partial charge is 0.0569 e. The third-order valence-electron chi connectivity index (χ3n) is 2.82. The first-order chi connectivity index (χ1) is 5.70. The molecule has 2 heteroatoms. The summed E-state index contributed by atoms with van der Waals surface area (Å²) in [5.41, 5.74) is 0. The van der Waals surface area contributed by atoms with E-state index in [1.54, 1.807) is 6.92 Å². The van der Waals surface area contributed by atoms with Crippen LogP contribution in [0.4, 0.5) is 0 Å². The molecule has 1 fully saturated rings. The predicted molar refractivity (Wildman–Crippen MR) is 48.9 cm³/mol. The van der Waals surface area contributed by atoms with E-state index in [-0.39, 0.29) is 12.2 Å². The number of rotatable bonds is 4. The van der Waals surface area contributed by atoms with Gasteiger partial charge in [-0.25, -0.2) is 0 Å². The molecule has 0 aromatic rings. The standard InChI is InChI=1S/C10H20O2/c1-8(11)6-7-10(12)9-4-2-3-5-9/h8-12H,2-7H2,1H3. The minimum absolute atomic E-state index is 0.165. The van der Waals surface area contributed by atoms with Crippen molar-refractivity contribution in [2.45, 2.75) is 57.7 Å². The molecule has 0 aromatic carbocycles. The summed E-state index contributed by atoms with van der Waals surface area (Å²) >= 11 is 0. The fraction of sp³-hybridized carbons (Fsp3) is 1.00. The lowest BCUT2D eigenvalue weighted by molar-refractivity contribution is 0.0799. The van der Waals surface area contributed by atoms with Crippen molar-refractivity contribution in [3.05, 3.63) is 0 Å². The Hall–Kier alpha value is -0.0800. The summed E-state index contributed by atoms with van der Waals surface area (Å²) in [5, 5.41) is 18.7. The van der Waals surface area contributed by atoms with E-state index in [0.29, 0.717) is 5.92 Å². The second-order valence-corrected chi connectivity index (χ2v) is 4.04. The molecule has 12 heavy (non-hydrogen) atoms. The highest BCUT2D eigenvalue weighted by Crippen LogP contribution is 2.29. The van der Waals surface area contributed by atoms with Gasteiger partial charge in [0, 0.05) is 0 Å². The number of aliphatic hydroxyl groups is 2. The molecule has 1 saturated carbocycles. The fourth-order valence-corrected chi connectivity index (χ4v) is 1.99. The van der Waals surface area contributed by atoms with Gasteiger partial charge in [-0.15, -0.1) is 0 Å². The van der Waals surface area contributed by atoms with Gasteiger partial charge >= 0.3 is 0 Å². The van der Waals surface area contributed by atoms with Crippen LogP contribution >= 0.6 is 0 Å². The zero-order chi connectivity index (χ0) is 8.97. The Kier molecular flexibility index (Phi) is 4.02. The molecule has 0 spiro atoms. The highest BCUT2D eigenvalue weighted by atomic mass is 16.3. The molecule has 2 N–H and O–H groups in total. The Morgan fingerprint density at radius 2 is 1.75 bits per heavy atom. The van der Waals surface area contributed by atoms with Crippen LogP contribution in [-0.4, -0.2) is 22.4 Å². The summed E-state index contributed by atoms with van der Waals surface area (Å²) in [6, 6.07) is 0. The van der Waals surface area contributed by atoms with Gasteiger partial charge in [-0.1, -0.05) is 12.8 Å². The lowest BCUT2D eigenvalue weighted by Gasteiger charge is -2.17. The van der Waals surface area contributed by atoms with Crippen LogP contribution in [0.2, 0.25) is 0 Å². The van der Waals surface area contributed by atoms with Gasteiger partial charge in [-0.05, 0) is 38.5 Å². The monoisotopic (exact) mass is 172 g/mol. The summed E-state index contributed by atoms with van der Waals surface area (Å²) in [4.78, 5) is 0. The summed E-state index contributed by atoms with van der Waals surface area (Å²) < 4.78 is 0. The van der Waals surface area contributed by atoms with E-state index >= 15 is 0 Å². The first-order valence-corrected chi connectivity index (χ1v) is 5.06. The average Bonchev–Trinajstić information content (AvgIpc) is 2.51. The van der Waals surface area contributed by atoms with Crippen molar-refractivity contribution in [3.8, 4) is 0 Å². The van der Waals surface area contributed by atoms with Crippen LogP contribution in [0.5, 0.6) is 0 Å². The lowest BCUT2D eigenvalue weighted by Crippen LogP contribution is -2.19. The highest BCUT2D eigenvalue weighted by molar-refractivity contribution is 4.74. The maximum Gasteiger partial charge on any atom is 0.0569 e. The molecule has 0 amide bonds. The molecule has 0 radical (unpaired) electrons. The fourth-order valence-electron chi connectivity index (χ4n) is 1.99. The molecule has 0 aromatic heterocycles. The van der Waals surface area contributed by atoms with Crippen molar-refractivity contribution in [2.75, 3.05) is 0 Å². The third kappa shape index (κ3) is 3.11. The van der Waals surface area contributed by atoms with Gasteiger partial charge in [0.1, 0.15) is 0 Å². The zero-order valence-electron chi connectivity index (χ0n) is 7.87. The Morgan fingerprint density at radius 3 is 2.25 bits per heavy atom. The molecule has 1 aliphatic carbocycles. The van der Waals surface area contributed by atoms with Crippen molar-refractivity contribution in [3.63, 3.8) is 0 Å². The van der Waals surface area contributed by atoms with E-state index in [2.05, 4.69) is 0 Å². The molecular formula is C10H20O2. The van der Waals surface area contributed by atoms with Crippen LogP contribution in [0.15, 0.2) is 0 Å². The molecule has 0 saturated heterocycles. The second kappa shape index (κ2) is 4.83. The van der Waals surface area contributed by atoms with Crippen molar-refractivity contribution in [1.29, 1.82) is 0 Å². The van der Waals surface area contributed by atoms with Crippen LogP contribution in [0, 0.1) is 5.92 Å². The number of hydrogen-bond acceptors (Lipinski definition) is 2.